The first-order valence-electron chi connectivity index (χ1n) is 9.00. The minimum Gasteiger partial charge on any atom is -0.481 e. The maximum absolute atomic E-state index is 12.5. The highest BCUT2D eigenvalue weighted by molar-refractivity contribution is 5.86. The maximum atomic E-state index is 12.5. The lowest BCUT2D eigenvalue weighted by molar-refractivity contribution is -0.153. The summed E-state index contributed by atoms with van der Waals surface area (Å²) in [4.78, 5) is 23.6. The molecular formula is C18H27NO3. The van der Waals surface area contributed by atoms with Crippen LogP contribution < -0.4 is 5.32 Å². The van der Waals surface area contributed by atoms with Crippen molar-refractivity contribution in [2.24, 2.45) is 35.0 Å². The highest BCUT2D eigenvalue weighted by Gasteiger charge is 2.54. The van der Waals surface area contributed by atoms with Gasteiger partial charge in [0.15, 0.2) is 0 Å². The van der Waals surface area contributed by atoms with Crippen molar-refractivity contribution in [1.82, 2.24) is 5.32 Å². The van der Waals surface area contributed by atoms with Crippen LogP contribution >= 0.6 is 0 Å². The predicted molar refractivity (Wildman–Crippen MR) is 82.1 cm³/mol. The zero-order valence-electron chi connectivity index (χ0n) is 13.4. The second-order valence-electron chi connectivity index (χ2n) is 8.64. The van der Waals surface area contributed by atoms with E-state index < -0.39 is 11.9 Å². The lowest BCUT2D eigenvalue weighted by atomic mass is 9.48. The first-order chi connectivity index (χ1) is 10.5. The van der Waals surface area contributed by atoms with Gasteiger partial charge in [-0.2, -0.15) is 0 Å². The van der Waals surface area contributed by atoms with Crippen molar-refractivity contribution in [3.05, 3.63) is 0 Å². The number of carbonyl (C=O) groups excluding carboxylic acids is 1. The zero-order chi connectivity index (χ0) is 15.5. The Labute approximate surface area is 132 Å². The summed E-state index contributed by atoms with van der Waals surface area (Å²) in [5, 5.41) is 12.4. The van der Waals surface area contributed by atoms with Crippen molar-refractivity contribution in [2.45, 2.75) is 64.3 Å². The van der Waals surface area contributed by atoms with Gasteiger partial charge in [-0.25, -0.2) is 0 Å². The van der Waals surface area contributed by atoms with Gasteiger partial charge in [0.2, 0.25) is 5.91 Å². The van der Waals surface area contributed by atoms with Crippen LogP contribution in [0.4, 0.5) is 0 Å². The molecule has 0 heterocycles. The van der Waals surface area contributed by atoms with Crippen LogP contribution in [-0.2, 0) is 9.59 Å². The molecule has 22 heavy (non-hydrogen) atoms. The van der Waals surface area contributed by atoms with Crippen molar-refractivity contribution < 1.29 is 14.7 Å². The van der Waals surface area contributed by atoms with Crippen molar-refractivity contribution in [3.8, 4) is 0 Å². The van der Waals surface area contributed by atoms with E-state index in [1.54, 1.807) is 0 Å². The molecule has 0 saturated heterocycles. The standard InChI is InChI=1S/C18H27NO3/c1-10(19-16(20)14-2-3-15(14)17(21)22)18-7-11-4-12(8-18)6-13(5-11)9-18/h10-15H,2-9H2,1H3,(H,19,20)(H,21,22). The van der Waals surface area contributed by atoms with Crippen LogP contribution in [0.2, 0.25) is 0 Å². The van der Waals surface area contributed by atoms with Crippen LogP contribution in [0.25, 0.3) is 0 Å². The molecule has 4 heteroatoms. The Hall–Kier alpha value is -1.06. The molecule has 4 bridgehead atoms. The maximum Gasteiger partial charge on any atom is 0.307 e. The molecule has 0 spiro atoms. The number of hydrogen-bond donors (Lipinski definition) is 2. The average molecular weight is 305 g/mol. The number of rotatable bonds is 4. The second-order valence-corrected chi connectivity index (χ2v) is 8.64. The molecule has 3 atom stereocenters. The predicted octanol–water partition coefficient (Wildman–Crippen LogP) is 2.82. The monoisotopic (exact) mass is 305 g/mol. The minimum atomic E-state index is -0.811. The molecular weight excluding hydrogens is 278 g/mol. The van der Waals surface area contributed by atoms with E-state index in [1.807, 2.05) is 0 Å². The summed E-state index contributed by atoms with van der Waals surface area (Å²) in [5.41, 5.74) is 0.298. The third kappa shape index (κ3) is 2.17. The summed E-state index contributed by atoms with van der Waals surface area (Å²) in [6, 6.07) is 0.198. The van der Waals surface area contributed by atoms with Crippen molar-refractivity contribution in [2.75, 3.05) is 0 Å². The Kier molecular flexibility index (Phi) is 3.28. The van der Waals surface area contributed by atoms with Crippen LogP contribution in [0.1, 0.15) is 58.3 Å². The van der Waals surface area contributed by atoms with E-state index in [9.17, 15) is 9.59 Å². The van der Waals surface area contributed by atoms with E-state index in [4.69, 9.17) is 5.11 Å². The highest BCUT2D eigenvalue weighted by atomic mass is 16.4. The van der Waals surface area contributed by atoms with Gasteiger partial charge in [-0.3, -0.25) is 9.59 Å². The molecule has 2 N–H and O–H groups in total. The third-order valence-corrected chi connectivity index (χ3v) is 7.29. The van der Waals surface area contributed by atoms with Crippen LogP contribution in [-0.4, -0.2) is 23.0 Å². The van der Waals surface area contributed by atoms with Crippen molar-refractivity contribution in [1.29, 1.82) is 0 Å². The van der Waals surface area contributed by atoms with E-state index in [0.29, 0.717) is 11.8 Å². The minimum absolute atomic E-state index is 0.0121. The van der Waals surface area contributed by atoms with E-state index in [-0.39, 0.29) is 17.9 Å². The van der Waals surface area contributed by atoms with Crippen molar-refractivity contribution in [3.63, 3.8) is 0 Å². The molecule has 4 nitrogen and oxygen atoms in total. The highest BCUT2D eigenvalue weighted by Crippen LogP contribution is 2.61. The molecule has 5 rings (SSSR count). The summed E-state index contributed by atoms with van der Waals surface area (Å²) < 4.78 is 0. The van der Waals surface area contributed by atoms with Crippen LogP contribution in [0, 0.1) is 35.0 Å². The second kappa shape index (κ2) is 4.97. The molecule has 1 amide bonds. The Balaban J connectivity index is 1.43. The van der Waals surface area contributed by atoms with Gasteiger partial charge in [0.25, 0.3) is 0 Å². The average Bonchev–Trinajstić information content (AvgIpc) is 2.34. The number of carbonyl (C=O) groups is 2. The quantitative estimate of drug-likeness (QED) is 0.839. The summed E-state index contributed by atoms with van der Waals surface area (Å²) in [6.45, 7) is 2.17. The van der Waals surface area contributed by atoms with Gasteiger partial charge in [0.05, 0.1) is 11.8 Å². The molecule has 5 aliphatic rings. The normalized spacial score (nSPS) is 46.9. The van der Waals surface area contributed by atoms with Crippen LogP contribution in [0.5, 0.6) is 0 Å². The summed E-state index contributed by atoms with van der Waals surface area (Å²) in [7, 11) is 0. The molecule has 5 fully saturated rings. The lowest BCUT2D eigenvalue weighted by Gasteiger charge is -2.59. The lowest BCUT2D eigenvalue weighted by Crippen LogP contribution is -2.57. The molecule has 3 unspecified atom stereocenters. The number of carboxylic acids is 1. The van der Waals surface area contributed by atoms with E-state index >= 15 is 0 Å². The van der Waals surface area contributed by atoms with Gasteiger partial charge in [0, 0.05) is 6.04 Å². The molecule has 0 aliphatic heterocycles. The zero-order valence-corrected chi connectivity index (χ0v) is 13.4. The Morgan fingerprint density at radius 2 is 1.50 bits per heavy atom. The largest absolute Gasteiger partial charge is 0.481 e. The summed E-state index contributed by atoms with van der Waals surface area (Å²) in [6.07, 6.45) is 9.42. The van der Waals surface area contributed by atoms with E-state index in [1.165, 1.54) is 38.5 Å². The van der Waals surface area contributed by atoms with Gasteiger partial charge in [0.1, 0.15) is 0 Å². The van der Waals surface area contributed by atoms with Gasteiger partial charge < -0.3 is 10.4 Å². The SMILES string of the molecule is CC(NC(=O)C1CCC1C(=O)O)C12CC3CC(CC(C3)C1)C2. The molecule has 0 aromatic heterocycles. The number of carboxylic acid groups (broad SMARTS) is 1. The Morgan fingerprint density at radius 1 is 1.00 bits per heavy atom. The summed E-state index contributed by atoms with van der Waals surface area (Å²) >= 11 is 0. The smallest absolute Gasteiger partial charge is 0.307 e. The fraction of sp³-hybridized carbons (Fsp3) is 0.889. The first-order valence-corrected chi connectivity index (χ1v) is 9.00. The number of amides is 1. The first kappa shape index (κ1) is 14.5. The van der Waals surface area contributed by atoms with Gasteiger partial charge in [-0.1, -0.05) is 0 Å². The van der Waals surface area contributed by atoms with Crippen LogP contribution in [0.3, 0.4) is 0 Å². The Morgan fingerprint density at radius 3 is 1.91 bits per heavy atom. The number of nitrogens with one attached hydrogen (secondary N) is 1. The number of hydrogen-bond acceptors (Lipinski definition) is 2. The fourth-order valence-corrected chi connectivity index (χ4v) is 6.29. The van der Waals surface area contributed by atoms with Gasteiger partial charge in [-0.15, -0.1) is 0 Å². The number of aliphatic carboxylic acids is 1. The molecule has 5 aliphatic carbocycles. The third-order valence-electron chi connectivity index (χ3n) is 7.29. The summed E-state index contributed by atoms with van der Waals surface area (Å²) in [5.74, 6) is 1.05. The van der Waals surface area contributed by atoms with E-state index in [0.717, 1.165) is 24.2 Å². The molecule has 0 aromatic rings. The molecule has 0 aromatic carbocycles. The molecule has 122 valence electrons. The van der Waals surface area contributed by atoms with Gasteiger partial charge in [-0.05, 0) is 81.5 Å². The van der Waals surface area contributed by atoms with Crippen molar-refractivity contribution >= 4 is 11.9 Å². The van der Waals surface area contributed by atoms with Gasteiger partial charge >= 0.3 is 5.97 Å². The fourth-order valence-electron chi connectivity index (χ4n) is 6.29. The Bertz CT molecular complexity index is 465. The topological polar surface area (TPSA) is 66.4 Å². The molecule has 0 radical (unpaired) electrons. The van der Waals surface area contributed by atoms with E-state index in [2.05, 4.69) is 12.2 Å². The van der Waals surface area contributed by atoms with Crippen LogP contribution in [0.15, 0.2) is 0 Å². The molecule has 5 saturated carbocycles.